The second kappa shape index (κ2) is 9.34. The minimum absolute atomic E-state index is 0.215. The van der Waals surface area contributed by atoms with Gasteiger partial charge in [-0.15, -0.1) is 0 Å². The maximum Gasteiger partial charge on any atom is 0.244 e. The number of carbonyl (C=O) groups is 1. The fourth-order valence-corrected chi connectivity index (χ4v) is 6.06. The van der Waals surface area contributed by atoms with E-state index in [1.165, 1.54) is 16.1 Å². The molecular formula is C18H24N4O3S3. The zero-order valence-corrected chi connectivity index (χ0v) is 18.4. The van der Waals surface area contributed by atoms with Gasteiger partial charge in [-0.2, -0.15) is 13.7 Å². The smallest absolute Gasteiger partial charge is 0.244 e. The highest BCUT2D eigenvalue weighted by molar-refractivity contribution is 7.99. The van der Waals surface area contributed by atoms with Crippen molar-refractivity contribution in [2.45, 2.75) is 55.6 Å². The van der Waals surface area contributed by atoms with E-state index in [1.807, 2.05) is 6.92 Å². The Morgan fingerprint density at radius 2 is 2.07 bits per heavy atom. The largest absolute Gasteiger partial charge is 0.299 e. The third-order valence-corrected chi connectivity index (χ3v) is 8.18. The van der Waals surface area contributed by atoms with E-state index in [0.29, 0.717) is 23.3 Å². The van der Waals surface area contributed by atoms with Crippen molar-refractivity contribution in [2.75, 3.05) is 17.6 Å². The van der Waals surface area contributed by atoms with Gasteiger partial charge in [-0.25, -0.2) is 8.42 Å². The Balaban J connectivity index is 1.76. The summed E-state index contributed by atoms with van der Waals surface area (Å²) in [4.78, 5) is 17.4. The lowest BCUT2D eigenvalue weighted by Crippen LogP contribution is -2.49. The highest BCUT2D eigenvalue weighted by Gasteiger charge is 2.37. The van der Waals surface area contributed by atoms with Crippen LogP contribution in [0.2, 0.25) is 0 Å². The lowest BCUT2D eigenvalue weighted by atomic mass is 10.0. The maximum absolute atomic E-state index is 13.1. The number of nitrogens with one attached hydrogen (secondary N) is 1. The number of nitrogens with zero attached hydrogens (tertiary/aromatic N) is 3. The Kier molecular flexibility index (Phi) is 7.08. The number of aromatic nitrogens is 2. The molecule has 2 heterocycles. The summed E-state index contributed by atoms with van der Waals surface area (Å²) in [6.45, 7) is 4.32. The number of hydrogen-bond acceptors (Lipinski definition) is 7. The standard InChI is InChI=1S/C18H24N4O3S3/c1-3-12-26-18-20-17(27-21-18)19-16(23)15-6-4-5-11-22(15)28(24,25)14-9-7-13(2)8-10-14/h7-10,15H,3-6,11-12H2,1-2H3,(H,19,20,21,23). The van der Waals surface area contributed by atoms with E-state index >= 15 is 0 Å². The van der Waals surface area contributed by atoms with Crippen molar-refractivity contribution in [2.24, 2.45) is 0 Å². The number of aryl methyl sites for hydroxylation is 1. The van der Waals surface area contributed by atoms with Crippen LogP contribution in [0.1, 0.15) is 38.2 Å². The van der Waals surface area contributed by atoms with Gasteiger partial charge in [0.05, 0.1) is 4.90 Å². The summed E-state index contributed by atoms with van der Waals surface area (Å²) in [6.07, 6.45) is 3.06. The molecule has 10 heteroatoms. The topological polar surface area (TPSA) is 92.3 Å². The zero-order valence-electron chi connectivity index (χ0n) is 15.9. The van der Waals surface area contributed by atoms with Crippen molar-refractivity contribution >= 4 is 44.4 Å². The molecule has 1 saturated heterocycles. The summed E-state index contributed by atoms with van der Waals surface area (Å²) in [6, 6.07) is 5.98. The Morgan fingerprint density at radius 3 is 2.79 bits per heavy atom. The van der Waals surface area contributed by atoms with Gasteiger partial charge in [-0.3, -0.25) is 10.1 Å². The third-order valence-electron chi connectivity index (χ3n) is 4.46. The van der Waals surface area contributed by atoms with Crippen molar-refractivity contribution < 1.29 is 13.2 Å². The predicted octanol–water partition coefficient (Wildman–Crippen LogP) is 3.53. The summed E-state index contributed by atoms with van der Waals surface area (Å²) < 4.78 is 31.8. The minimum Gasteiger partial charge on any atom is -0.299 e. The molecule has 1 amide bonds. The third kappa shape index (κ3) is 4.91. The second-order valence-corrected chi connectivity index (χ2v) is 10.4. The average molecular weight is 441 g/mol. The van der Waals surface area contributed by atoms with E-state index in [9.17, 15) is 13.2 Å². The molecule has 0 radical (unpaired) electrons. The molecule has 0 bridgehead atoms. The van der Waals surface area contributed by atoms with Crippen molar-refractivity contribution in [3.63, 3.8) is 0 Å². The van der Waals surface area contributed by atoms with Crippen molar-refractivity contribution in [1.29, 1.82) is 0 Å². The predicted molar refractivity (Wildman–Crippen MR) is 112 cm³/mol. The lowest BCUT2D eigenvalue weighted by Gasteiger charge is -2.33. The van der Waals surface area contributed by atoms with Gasteiger partial charge in [-0.1, -0.05) is 42.8 Å². The summed E-state index contributed by atoms with van der Waals surface area (Å²) in [5, 5.41) is 3.80. The summed E-state index contributed by atoms with van der Waals surface area (Å²) in [5.74, 6) is 0.563. The quantitative estimate of drug-likeness (QED) is 0.662. The lowest BCUT2D eigenvalue weighted by molar-refractivity contribution is -0.120. The molecule has 0 spiro atoms. The van der Waals surface area contributed by atoms with Crippen LogP contribution >= 0.6 is 23.3 Å². The number of sulfonamides is 1. The monoisotopic (exact) mass is 440 g/mol. The SMILES string of the molecule is CCCSc1nsc(NC(=O)C2CCCCN2S(=O)(=O)c2ccc(C)cc2)n1. The molecule has 0 saturated carbocycles. The van der Waals surface area contributed by atoms with Gasteiger partial charge in [0.1, 0.15) is 6.04 Å². The van der Waals surface area contributed by atoms with Crippen LogP contribution in [-0.4, -0.2) is 46.3 Å². The van der Waals surface area contributed by atoms with E-state index < -0.39 is 16.1 Å². The number of rotatable bonds is 7. The Labute approximate surface area is 174 Å². The number of piperidine rings is 1. The number of amides is 1. The van der Waals surface area contributed by atoms with E-state index in [2.05, 4.69) is 21.6 Å². The maximum atomic E-state index is 13.1. The zero-order chi connectivity index (χ0) is 20.1. The van der Waals surface area contributed by atoms with E-state index in [1.54, 1.807) is 24.3 Å². The van der Waals surface area contributed by atoms with Crippen LogP contribution in [0.4, 0.5) is 5.13 Å². The fraction of sp³-hybridized carbons (Fsp3) is 0.500. The Morgan fingerprint density at radius 1 is 1.32 bits per heavy atom. The number of hydrogen-bond donors (Lipinski definition) is 1. The molecule has 2 aromatic rings. The van der Waals surface area contributed by atoms with Crippen LogP contribution in [0.5, 0.6) is 0 Å². The minimum atomic E-state index is -3.74. The van der Waals surface area contributed by atoms with Crippen LogP contribution in [0.3, 0.4) is 0 Å². The first-order chi connectivity index (χ1) is 13.4. The number of anilines is 1. The van der Waals surface area contributed by atoms with Gasteiger partial charge in [0.15, 0.2) is 0 Å². The molecule has 1 aliphatic rings. The van der Waals surface area contributed by atoms with Crippen LogP contribution in [0.25, 0.3) is 0 Å². The van der Waals surface area contributed by atoms with Gasteiger partial charge in [0.25, 0.3) is 0 Å². The van der Waals surface area contributed by atoms with E-state index in [0.717, 1.165) is 42.1 Å². The normalized spacial score (nSPS) is 18.1. The van der Waals surface area contributed by atoms with Crippen LogP contribution in [0, 0.1) is 6.92 Å². The number of thioether (sulfide) groups is 1. The van der Waals surface area contributed by atoms with Crippen LogP contribution < -0.4 is 5.32 Å². The van der Waals surface area contributed by atoms with Crippen LogP contribution in [0.15, 0.2) is 34.3 Å². The number of benzene rings is 1. The second-order valence-electron chi connectivity index (χ2n) is 6.66. The van der Waals surface area contributed by atoms with Gasteiger partial charge in [0, 0.05) is 23.8 Å². The van der Waals surface area contributed by atoms with Gasteiger partial charge in [-0.05, 0) is 38.3 Å². The summed E-state index contributed by atoms with van der Waals surface area (Å²) >= 11 is 2.65. The van der Waals surface area contributed by atoms with Gasteiger partial charge >= 0.3 is 0 Å². The Bertz CT molecular complexity index is 912. The van der Waals surface area contributed by atoms with Gasteiger partial charge < -0.3 is 0 Å². The highest BCUT2D eigenvalue weighted by Crippen LogP contribution is 2.27. The molecule has 1 aromatic carbocycles. The molecule has 1 aliphatic heterocycles. The van der Waals surface area contributed by atoms with Gasteiger partial charge in [0.2, 0.25) is 26.2 Å². The summed E-state index contributed by atoms with van der Waals surface area (Å²) in [7, 11) is -3.74. The first-order valence-corrected chi connectivity index (χ1v) is 12.5. The number of carbonyl (C=O) groups excluding carboxylic acids is 1. The Hall–Kier alpha value is -1.49. The average Bonchev–Trinajstić information content (AvgIpc) is 3.14. The molecule has 7 nitrogen and oxygen atoms in total. The van der Waals surface area contributed by atoms with Crippen LogP contribution in [-0.2, 0) is 14.8 Å². The molecule has 1 fully saturated rings. The van der Waals surface area contributed by atoms with Crippen molar-refractivity contribution in [1.82, 2.24) is 13.7 Å². The molecule has 3 rings (SSSR count). The molecule has 1 aromatic heterocycles. The molecule has 0 aliphatic carbocycles. The molecule has 1 atom stereocenters. The van der Waals surface area contributed by atoms with Crippen molar-refractivity contribution in [3.8, 4) is 0 Å². The fourth-order valence-electron chi connectivity index (χ4n) is 3.00. The first kappa shape index (κ1) is 21.2. The van der Waals surface area contributed by atoms with Crippen molar-refractivity contribution in [3.05, 3.63) is 29.8 Å². The molecule has 152 valence electrons. The molecule has 1 N–H and O–H groups in total. The van der Waals surface area contributed by atoms with E-state index in [4.69, 9.17) is 0 Å². The highest BCUT2D eigenvalue weighted by atomic mass is 32.2. The molecular weight excluding hydrogens is 416 g/mol. The first-order valence-electron chi connectivity index (χ1n) is 9.27. The van der Waals surface area contributed by atoms with E-state index in [-0.39, 0.29) is 10.8 Å². The molecule has 28 heavy (non-hydrogen) atoms. The molecule has 1 unspecified atom stereocenters. The summed E-state index contributed by atoms with van der Waals surface area (Å²) in [5.41, 5.74) is 0.986.